The minimum atomic E-state index is -0.578. The molecule has 2 amide bonds. The Morgan fingerprint density at radius 3 is 2.42 bits per heavy atom. The van der Waals surface area contributed by atoms with Crippen LogP contribution in [-0.4, -0.2) is 23.8 Å². The van der Waals surface area contributed by atoms with E-state index in [2.05, 4.69) is 26.6 Å². The third kappa shape index (κ3) is 6.27. The van der Waals surface area contributed by atoms with Gasteiger partial charge in [-0.15, -0.1) is 0 Å². The smallest absolute Gasteiger partial charge is 0.272 e. The van der Waals surface area contributed by atoms with Gasteiger partial charge in [-0.3, -0.25) is 19.7 Å². The lowest BCUT2D eigenvalue weighted by Gasteiger charge is -2.12. The van der Waals surface area contributed by atoms with Crippen molar-refractivity contribution in [2.75, 3.05) is 12.4 Å². The van der Waals surface area contributed by atoms with Crippen LogP contribution in [0.3, 0.4) is 0 Å². The number of halogens is 1. The van der Waals surface area contributed by atoms with Crippen molar-refractivity contribution in [1.82, 2.24) is 5.32 Å². The van der Waals surface area contributed by atoms with Crippen molar-refractivity contribution < 1.29 is 19.2 Å². The molecular formula is C24H20BrN3O5. The summed E-state index contributed by atoms with van der Waals surface area (Å²) in [6.45, 7) is 1.92. The monoisotopic (exact) mass is 509 g/mol. The van der Waals surface area contributed by atoms with E-state index in [1.54, 1.807) is 36.4 Å². The van der Waals surface area contributed by atoms with E-state index in [9.17, 15) is 19.7 Å². The van der Waals surface area contributed by atoms with Gasteiger partial charge >= 0.3 is 0 Å². The number of nitrogens with zero attached hydrogens (tertiary/aromatic N) is 1. The molecule has 0 spiro atoms. The first kappa shape index (κ1) is 23.7. The molecule has 9 heteroatoms. The van der Waals surface area contributed by atoms with E-state index in [4.69, 9.17) is 4.74 Å². The molecule has 3 rings (SSSR count). The summed E-state index contributed by atoms with van der Waals surface area (Å²) >= 11 is 3.33. The maximum absolute atomic E-state index is 13.0. The van der Waals surface area contributed by atoms with Crippen molar-refractivity contribution >= 4 is 45.2 Å². The lowest BCUT2D eigenvalue weighted by atomic mass is 10.1. The van der Waals surface area contributed by atoms with E-state index >= 15 is 0 Å². The molecule has 0 bridgehead atoms. The van der Waals surface area contributed by atoms with Crippen LogP contribution in [-0.2, 0) is 4.79 Å². The number of anilines is 1. The van der Waals surface area contributed by atoms with Crippen molar-refractivity contribution in [3.8, 4) is 5.75 Å². The molecule has 0 heterocycles. The van der Waals surface area contributed by atoms with Gasteiger partial charge in [-0.2, -0.15) is 0 Å². The molecule has 0 radical (unpaired) electrons. The average Bonchev–Trinajstić information content (AvgIpc) is 2.80. The zero-order valence-corrected chi connectivity index (χ0v) is 19.4. The number of carbonyl (C=O) groups is 2. The number of methoxy groups -OCH3 is 1. The summed E-state index contributed by atoms with van der Waals surface area (Å²) in [7, 11) is 1.51. The van der Waals surface area contributed by atoms with Gasteiger partial charge in [0.25, 0.3) is 17.5 Å². The minimum Gasteiger partial charge on any atom is -0.496 e. The van der Waals surface area contributed by atoms with Crippen LogP contribution in [0.1, 0.15) is 21.5 Å². The molecule has 0 aliphatic heterocycles. The summed E-state index contributed by atoms with van der Waals surface area (Å²) in [5.74, 6) is -0.559. The Morgan fingerprint density at radius 2 is 1.79 bits per heavy atom. The summed E-state index contributed by atoms with van der Waals surface area (Å²) in [5, 5.41) is 16.4. The maximum atomic E-state index is 13.0. The van der Waals surface area contributed by atoms with E-state index < -0.39 is 16.7 Å². The maximum Gasteiger partial charge on any atom is 0.272 e. The number of nitro benzene ring substituents is 1. The quantitative estimate of drug-likeness (QED) is 0.262. The third-order valence-electron chi connectivity index (χ3n) is 4.61. The number of carbonyl (C=O) groups excluding carboxylic acids is 2. The molecule has 0 saturated heterocycles. The van der Waals surface area contributed by atoms with Gasteiger partial charge in [-0.1, -0.05) is 29.8 Å². The van der Waals surface area contributed by atoms with Crippen molar-refractivity contribution in [2.24, 2.45) is 0 Å². The molecule has 8 nitrogen and oxygen atoms in total. The number of nitrogens with one attached hydrogen (secondary N) is 2. The fourth-order valence-electron chi connectivity index (χ4n) is 2.89. The largest absolute Gasteiger partial charge is 0.496 e. The van der Waals surface area contributed by atoms with Gasteiger partial charge in [0.15, 0.2) is 0 Å². The van der Waals surface area contributed by atoms with Crippen LogP contribution < -0.4 is 15.4 Å². The number of hydrogen-bond donors (Lipinski definition) is 2. The molecule has 3 aromatic rings. The second-order valence-electron chi connectivity index (χ2n) is 7.03. The van der Waals surface area contributed by atoms with E-state index in [1.165, 1.54) is 31.4 Å². The zero-order chi connectivity index (χ0) is 24.0. The summed E-state index contributed by atoms with van der Waals surface area (Å²) in [4.78, 5) is 36.4. The molecule has 3 aromatic carbocycles. The molecule has 2 N–H and O–H groups in total. The fraction of sp³-hybridized carbons (Fsp3) is 0.0833. The molecule has 0 unspecified atom stereocenters. The van der Waals surface area contributed by atoms with E-state index in [0.717, 1.165) is 5.56 Å². The topological polar surface area (TPSA) is 111 Å². The van der Waals surface area contributed by atoms with Crippen LogP contribution in [0.25, 0.3) is 6.08 Å². The summed E-state index contributed by atoms with van der Waals surface area (Å²) in [6.07, 6.45) is 1.38. The first-order valence-corrected chi connectivity index (χ1v) is 10.5. The first-order valence-electron chi connectivity index (χ1n) is 9.76. The molecule has 168 valence electrons. The number of non-ortho nitro benzene ring substituents is 1. The van der Waals surface area contributed by atoms with Gasteiger partial charge in [-0.25, -0.2) is 0 Å². The number of nitro groups is 1. The van der Waals surface area contributed by atoms with Gasteiger partial charge in [-0.05, 0) is 64.8 Å². The third-order valence-corrected chi connectivity index (χ3v) is 5.23. The molecule has 0 fully saturated rings. The molecule has 0 aliphatic carbocycles. The van der Waals surface area contributed by atoms with Crippen molar-refractivity contribution in [1.29, 1.82) is 0 Å². The second kappa shape index (κ2) is 10.6. The van der Waals surface area contributed by atoms with Crippen LogP contribution in [0.2, 0.25) is 0 Å². The van der Waals surface area contributed by atoms with Gasteiger partial charge < -0.3 is 15.4 Å². The predicted octanol–water partition coefficient (Wildman–Crippen LogP) is 5.08. The highest BCUT2D eigenvalue weighted by Crippen LogP contribution is 2.25. The Kier molecular flexibility index (Phi) is 7.57. The van der Waals surface area contributed by atoms with Crippen LogP contribution in [0.15, 0.2) is 76.9 Å². The van der Waals surface area contributed by atoms with Crippen molar-refractivity contribution in [3.05, 3.63) is 104 Å². The SMILES string of the molecule is COc1ccc(C(=O)NC(=Cc2cccc([N+](=O)[O-])c2)C(=O)Nc2ccc(C)cc2)cc1Br. The van der Waals surface area contributed by atoms with Gasteiger partial charge in [0.1, 0.15) is 11.4 Å². The highest BCUT2D eigenvalue weighted by atomic mass is 79.9. The van der Waals surface area contributed by atoms with E-state index in [0.29, 0.717) is 21.5 Å². The van der Waals surface area contributed by atoms with Crippen molar-refractivity contribution in [3.63, 3.8) is 0 Å². The van der Waals surface area contributed by atoms with Crippen LogP contribution in [0.4, 0.5) is 11.4 Å². The van der Waals surface area contributed by atoms with Crippen LogP contribution in [0, 0.1) is 17.0 Å². The number of hydrogen-bond acceptors (Lipinski definition) is 5. The standard InChI is InChI=1S/C24H20BrN3O5/c1-15-6-9-18(10-7-15)26-24(30)21(13-16-4-3-5-19(12-16)28(31)32)27-23(29)17-8-11-22(33-2)20(25)14-17/h3-14H,1-2H3,(H,26,30)(H,27,29). The number of aryl methyl sites for hydroxylation is 1. The Labute approximate surface area is 198 Å². The van der Waals surface area contributed by atoms with E-state index in [1.807, 2.05) is 19.1 Å². The fourth-order valence-corrected chi connectivity index (χ4v) is 3.43. The molecule has 33 heavy (non-hydrogen) atoms. The van der Waals surface area contributed by atoms with Gasteiger partial charge in [0.05, 0.1) is 16.5 Å². The molecular weight excluding hydrogens is 490 g/mol. The van der Waals surface area contributed by atoms with Gasteiger partial charge in [0.2, 0.25) is 0 Å². The Hall–Kier alpha value is -3.98. The number of benzene rings is 3. The average molecular weight is 510 g/mol. The molecule has 0 saturated carbocycles. The minimum absolute atomic E-state index is 0.0759. The van der Waals surface area contributed by atoms with Gasteiger partial charge in [0, 0.05) is 23.4 Å². The number of ether oxygens (including phenoxy) is 1. The lowest BCUT2D eigenvalue weighted by molar-refractivity contribution is -0.384. The highest BCUT2D eigenvalue weighted by Gasteiger charge is 2.17. The molecule has 0 aliphatic rings. The second-order valence-corrected chi connectivity index (χ2v) is 7.89. The van der Waals surface area contributed by atoms with Crippen LogP contribution in [0.5, 0.6) is 5.75 Å². The zero-order valence-electron chi connectivity index (χ0n) is 17.8. The van der Waals surface area contributed by atoms with Crippen LogP contribution >= 0.6 is 15.9 Å². The van der Waals surface area contributed by atoms with E-state index in [-0.39, 0.29) is 16.9 Å². The highest BCUT2D eigenvalue weighted by molar-refractivity contribution is 9.10. The van der Waals surface area contributed by atoms with Crippen molar-refractivity contribution in [2.45, 2.75) is 6.92 Å². The molecule has 0 aromatic heterocycles. The predicted molar refractivity (Wildman–Crippen MR) is 129 cm³/mol. The lowest BCUT2D eigenvalue weighted by Crippen LogP contribution is -2.30. The number of amides is 2. The summed E-state index contributed by atoms with van der Waals surface area (Å²) in [6, 6.07) is 17.7. The Bertz CT molecular complexity index is 1240. The number of rotatable bonds is 7. The normalized spacial score (nSPS) is 10.9. The Balaban J connectivity index is 1.93. The summed E-state index contributed by atoms with van der Waals surface area (Å²) < 4.78 is 5.75. The summed E-state index contributed by atoms with van der Waals surface area (Å²) in [5.41, 5.74) is 2.03. The first-order chi connectivity index (χ1) is 15.8. The Morgan fingerprint density at radius 1 is 1.06 bits per heavy atom. The molecule has 0 atom stereocenters.